The highest BCUT2D eigenvalue weighted by Crippen LogP contribution is 2.21. The van der Waals surface area contributed by atoms with Crippen LogP contribution in [0.1, 0.15) is 30.6 Å². The molecule has 3 heteroatoms. The third kappa shape index (κ3) is 4.09. The van der Waals surface area contributed by atoms with Crippen molar-refractivity contribution in [1.82, 2.24) is 10.3 Å². The molecule has 1 aromatic carbocycles. The number of aromatic nitrogens is 1. The molecule has 2 unspecified atom stereocenters. The van der Waals surface area contributed by atoms with Crippen LogP contribution in [0.25, 0.3) is 0 Å². The van der Waals surface area contributed by atoms with E-state index in [4.69, 9.17) is 0 Å². The molecule has 2 rings (SSSR count). The molecule has 0 saturated carbocycles. The summed E-state index contributed by atoms with van der Waals surface area (Å²) in [4.78, 5) is 4.53. The van der Waals surface area contributed by atoms with Crippen molar-refractivity contribution in [2.45, 2.75) is 25.4 Å². The summed E-state index contributed by atoms with van der Waals surface area (Å²) in [6.07, 6.45) is 5.14. The van der Waals surface area contributed by atoms with E-state index in [-0.39, 0.29) is 6.04 Å². The number of nitrogens with zero attached hydrogens (tertiary/aromatic N) is 1. The Labute approximate surface area is 126 Å². The highest BCUT2D eigenvalue weighted by atomic mass is 32.2. The lowest BCUT2D eigenvalue weighted by molar-refractivity contribution is 0.487. The number of hydrogen-bond acceptors (Lipinski definition) is 3. The third-order valence-electron chi connectivity index (χ3n) is 3.38. The molecule has 0 spiro atoms. The Bertz CT molecular complexity index is 447. The molecule has 2 aromatic rings. The lowest BCUT2D eigenvalue weighted by Gasteiger charge is -2.25. The Kier molecular flexibility index (Phi) is 6.09. The molecule has 0 radical (unpaired) electrons. The van der Waals surface area contributed by atoms with E-state index in [1.54, 1.807) is 0 Å². The van der Waals surface area contributed by atoms with Crippen LogP contribution in [0.5, 0.6) is 0 Å². The van der Waals surface area contributed by atoms with Gasteiger partial charge in [-0.25, -0.2) is 0 Å². The highest BCUT2D eigenvalue weighted by Gasteiger charge is 2.18. The second-order valence-corrected chi connectivity index (χ2v) is 5.74. The van der Waals surface area contributed by atoms with Crippen molar-refractivity contribution in [3.8, 4) is 0 Å². The van der Waals surface area contributed by atoms with Gasteiger partial charge in [-0.3, -0.25) is 4.98 Å². The Morgan fingerprint density at radius 3 is 2.45 bits per heavy atom. The van der Waals surface area contributed by atoms with Gasteiger partial charge in [0.2, 0.25) is 0 Å². The van der Waals surface area contributed by atoms with Crippen LogP contribution in [0.2, 0.25) is 0 Å². The van der Waals surface area contributed by atoms with Crippen molar-refractivity contribution in [1.29, 1.82) is 0 Å². The summed E-state index contributed by atoms with van der Waals surface area (Å²) in [6.45, 7) is 2.23. The Balaban J connectivity index is 2.25. The lowest BCUT2D eigenvalue weighted by atomic mass is 10.0. The molecule has 0 saturated heterocycles. The predicted molar refractivity (Wildman–Crippen MR) is 88.1 cm³/mol. The van der Waals surface area contributed by atoms with Gasteiger partial charge in [0.05, 0.1) is 11.7 Å². The van der Waals surface area contributed by atoms with Crippen molar-refractivity contribution in [2.75, 3.05) is 12.0 Å². The number of rotatable bonds is 7. The second kappa shape index (κ2) is 8.08. The minimum absolute atomic E-state index is 0.162. The average Bonchev–Trinajstić information content (AvgIpc) is 2.53. The maximum atomic E-state index is 4.53. The standard InChI is InChI=1S/C17H22N2S/c1-3-15(13-20-2)19-17(14-9-5-4-6-10-14)16-11-7-8-12-18-16/h4-12,15,17,19H,3,13H2,1-2H3. The summed E-state index contributed by atoms with van der Waals surface area (Å²) in [5.74, 6) is 1.12. The molecule has 106 valence electrons. The number of thioether (sulfide) groups is 1. The van der Waals surface area contributed by atoms with Gasteiger partial charge < -0.3 is 5.32 Å². The Morgan fingerprint density at radius 2 is 1.85 bits per heavy atom. The van der Waals surface area contributed by atoms with Crippen LogP contribution in [0.4, 0.5) is 0 Å². The summed E-state index contributed by atoms with van der Waals surface area (Å²) < 4.78 is 0. The van der Waals surface area contributed by atoms with Crippen LogP contribution in [-0.2, 0) is 0 Å². The minimum Gasteiger partial charge on any atom is -0.301 e. The van der Waals surface area contributed by atoms with Gasteiger partial charge in [0, 0.05) is 18.0 Å². The van der Waals surface area contributed by atoms with E-state index in [0.29, 0.717) is 6.04 Å². The molecule has 0 bridgehead atoms. The van der Waals surface area contributed by atoms with Crippen molar-refractivity contribution in [3.05, 3.63) is 66.0 Å². The monoisotopic (exact) mass is 286 g/mol. The second-order valence-electron chi connectivity index (χ2n) is 4.83. The van der Waals surface area contributed by atoms with Crippen molar-refractivity contribution in [2.24, 2.45) is 0 Å². The van der Waals surface area contributed by atoms with E-state index < -0.39 is 0 Å². The quantitative estimate of drug-likeness (QED) is 0.835. The summed E-state index contributed by atoms with van der Waals surface area (Å²) >= 11 is 1.88. The van der Waals surface area contributed by atoms with E-state index in [9.17, 15) is 0 Å². The smallest absolute Gasteiger partial charge is 0.0753 e. The topological polar surface area (TPSA) is 24.9 Å². The summed E-state index contributed by atoms with van der Waals surface area (Å²) in [7, 11) is 0. The molecule has 0 aliphatic heterocycles. The first-order valence-corrected chi connectivity index (χ1v) is 8.45. The average molecular weight is 286 g/mol. The van der Waals surface area contributed by atoms with Gasteiger partial charge in [-0.1, -0.05) is 43.3 Å². The summed E-state index contributed by atoms with van der Waals surface area (Å²) in [6, 6.07) is 17.3. The maximum absolute atomic E-state index is 4.53. The van der Waals surface area contributed by atoms with Crippen LogP contribution < -0.4 is 5.32 Å². The first-order chi connectivity index (χ1) is 9.85. The molecule has 0 aliphatic carbocycles. The van der Waals surface area contributed by atoms with Crippen molar-refractivity contribution in [3.63, 3.8) is 0 Å². The molecule has 0 fully saturated rings. The lowest BCUT2D eigenvalue weighted by Crippen LogP contribution is -2.35. The van der Waals surface area contributed by atoms with Crippen LogP contribution in [-0.4, -0.2) is 23.0 Å². The number of nitrogens with one attached hydrogen (secondary N) is 1. The third-order valence-corrected chi connectivity index (χ3v) is 4.12. The normalized spacial score (nSPS) is 13.9. The number of benzene rings is 1. The van der Waals surface area contributed by atoms with Crippen molar-refractivity contribution >= 4 is 11.8 Å². The predicted octanol–water partition coefficient (Wildman–Crippen LogP) is 3.90. The van der Waals surface area contributed by atoms with E-state index in [1.165, 1.54) is 5.56 Å². The molecular formula is C17H22N2S. The zero-order chi connectivity index (χ0) is 14.2. The maximum Gasteiger partial charge on any atom is 0.0753 e. The van der Waals surface area contributed by atoms with Gasteiger partial charge in [0.25, 0.3) is 0 Å². The summed E-state index contributed by atoms with van der Waals surface area (Å²) in [5, 5.41) is 3.75. The Hall–Kier alpha value is -1.32. The van der Waals surface area contributed by atoms with E-state index in [2.05, 4.69) is 65.9 Å². The van der Waals surface area contributed by atoms with Crippen LogP contribution >= 0.6 is 11.8 Å². The zero-order valence-electron chi connectivity index (χ0n) is 12.1. The minimum atomic E-state index is 0.162. The van der Waals surface area contributed by atoms with Gasteiger partial charge in [-0.2, -0.15) is 11.8 Å². The van der Waals surface area contributed by atoms with Crippen LogP contribution in [0.15, 0.2) is 54.7 Å². The van der Waals surface area contributed by atoms with Crippen molar-refractivity contribution < 1.29 is 0 Å². The van der Waals surface area contributed by atoms with Gasteiger partial charge in [-0.15, -0.1) is 0 Å². The van der Waals surface area contributed by atoms with E-state index >= 15 is 0 Å². The van der Waals surface area contributed by atoms with Gasteiger partial charge >= 0.3 is 0 Å². The van der Waals surface area contributed by atoms with Gasteiger partial charge in [0.15, 0.2) is 0 Å². The molecule has 1 heterocycles. The molecule has 2 atom stereocenters. The first-order valence-electron chi connectivity index (χ1n) is 7.06. The Morgan fingerprint density at radius 1 is 1.10 bits per heavy atom. The number of hydrogen-bond donors (Lipinski definition) is 1. The molecule has 20 heavy (non-hydrogen) atoms. The SMILES string of the molecule is CCC(CSC)NC(c1ccccc1)c1ccccn1. The number of pyridine rings is 1. The molecule has 2 nitrogen and oxygen atoms in total. The molecule has 0 amide bonds. The van der Waals surface area contributed by atoms with E-state index in [0.717, 1.165) is 17.9 Å². The highest BCUT2D eigenvalue weighted by molar-refractivity contribution is 7.98. The van der Waals surface area contributed by atoms with Crippen LogP contribution in [0.3, 0.4) is 0 Å². The van der Waals surface area contributed by atoms with Gasteiger partial charge in [0.1, 0.15) is 0 Å². The van der Waals surface area contributed by atoms with E-state index in [1.807, 2.05) is 24.0 Å². The van der Waals surface area contributed by atoms with Crippen LogP contribution in [0, 0.1) is 0 Å². The largest absolute Gasteiger partial charge is 0.301 e. The zero-order valence-corrected chi connectivity index (χ0v) is 12.9. The first kappa shape index (κ1) is 15.1. The fourth-order valence-electron chi connectivity index (χ4n) is 2.27. The van der Waals surface area contributed by atoms with Gasteiger partial charge in [-0.05, 0) is 30.4 Å². The molecule has 1 aromatic heterocycles. The molecule has 1 N–H and O–H groups in total. The summed E-state index contributed by atoms with van der Waals surface area (Å²) in [5.41, 5.74) is 2.35. The fourth-order valence-corrected chi connectivity index (χ4v) is 3.00. The fraction of sp³-hybridized carbons (Fsp3) is 0.353. The molecular weight excluding hydrogens is 264 g/mol. The molecule has 0 aliphatic rings.